The largest absolute Gasteiger partial charge is 0.136 e. The van der Waals surface area contributed by atoms with Gasteiger partial charge in [0.15, 0.2) is 0 Å². The van der Waals surface area contributed by atoms with E-state index in [0.29, 0.717) is 5.92 Å². The average Bonchev–Trinajstić information content (AvgIpc) is 1.67. The van der Waals surface area contributed by atoms with Gasteiger partial charge >= 0.3 is 0 Å². The molecule has 2 heteroatoms. The lowest BCUT2D eigenvalue weighted by Crippen LogP contribution is -1.99. The van der Waals surface area contributed by atoms with Crippen molar-refractivity contribution in [1.29, 1.82) is 0 Å². The molecule has 0 bridgehead atoms. The molecule has 0 nitrogen and oxygen atoms in total. The van der Waals surface area contributed by atoms with Crippen LogP contribution in [0.3, 0.4) is 0 Å². The number of hydrogen-bond donors (Lipinski definition) is 1. The van der Waals surface area contributed by atoms with Crippen molar-refractivity contribution in [3.8, 4) is 0 Å². The molecule has 1 radical (unpaired) electrons. The second-order valence-corrected chi connectivity index (χ2v) is 3.11. The highest BCUT2D eigenvalue weighted by Crippen LogP contribution is 2.09. The van der Waals surface area contributed by atoms with Gasteiger partial charge in [0.05, 0.1) is 0 Å². The van der Waals surface area contributed by atoms with Crippen molar-refractivity contribution in [2.45, 2.75) is 19.8 Å². The Bertz CT molecular complexity index is 78.6. The summed E-state index contributed by atoms with van der Waals surface area (Å²) in [6.07, 6.45) is 2.00. The Morgan fingerprint density at radius 2 is 2.38 bits per heavy atom. The van der Waals surface area contributed by atoms with Crippen molar-refractivity contribution < 1.29 is 0 Å². The van der Waals surface area contributed by atoms with Crippen LogP contribution in [0.5, 0.6) is 0 Å². The number of thiocarbonyl (C=S) groups is 1. The van der Waals surface area contributed by atoms with Gasteiger partial charge in [-0.05, 0) is 12.3 Å². The fourth-order valence-corrected chi connectivity index (χ4v) is 0.677. The first-order chi connectivity index (χ1) is 3.68. The molecule has 47 valence electrons. The first kappa shape index (κ1) is 8.44. The molecule has 0 aromatic rings. The molecule has 0 saturated carbocycles. The minimum Gasteiger partial charge on any atom is -0.136 e. The van der Waals surface area contributed by atoms with Gasteiger partial charge < -0.3 is 0 Å². The Morgan fingerprint density at radius 3 is 2.50 bits per heavy atom. The molecule has 0 unspecified atom stereocenters. The van der Waals surface area contributed by atoms with Crippen LogP contribution in [0.15, 0.2) is 0 Å². The van der Waals surface area contributed by atoms with Crippen molar-refractivity contribution in [1.82, 2.24) is 0 Å². The van der Waals surface area contributed by atoms with Gasteiger partial charge in [0.1, 0.15) is 0 Å². The van der Waals surface area contributed by atoms with Crippen molar-refractivity contribution in [3.63, 3.8) is 0 Å². The summed E-state index contributed by atoms with van der Waals surface area (Å²) in [5.41, 5.74) is 0. The van der Waals surface area contributed by atoms with Gasteiger partial charge in [-0.3, -0.25) is 0 Å². The molecule has 0 N–H and O–H groups in total. The topological polar surface area (TPSA) is 0 Å². The van der Waals surface area contributed by atoms with E-state index in [1.165, 1.54) is 0 Å². The maximum absolute atomic E-state index is 4.82. The van der Waals surface area contributed by atoms with Crippen LogP contribution in [0.1, 0.15) is 19.8 Å². The Balaban J connectivity index is 3.32. The van der Waals surface area contributed by atoms with Crippen LogP contribution in [-0.4, -0.2) is 4.20 Å². The van der Waals surface area contributed by atoms with Gasteiger partial charge in [-0.15, -0.1) is 12.6 Å². The summed E-state index contributed by atoms with van der Waals surface area (Å²) in [5.74, 6) is 0.450. The van der Waals surface area contributed by atoms with Gasteiger partial charge in [-0.1, -0.05) is 32.5 Å². The van der Waals surface area contributed by atoms with E-state index in [9.17, 15) is 0 Å². The Hall–Kier alpha value is 0.440. The molecule has 0 saturated heterocycles. The molecule has 0 fully saturated rings. The summed E-state index contributed by atoms with van der Waals surface area (Å²) < 4.78 is 0.800. The molecular formula is C6H11S2. The van der Waals surface area contributed by atoms with Crippen LogP contribution in [0.2, 0.25) is 0 Å². The van der Waals surface area contributed by atoms with Gasteiger partial charge in [0, 0.05) is 4.20 Å². The first-order valence-electron chi connectivity index (χ1n) is 2.70. The van der Waals surface area contributed by atoms with E-state index in [-0.39, 0.29) is 0 Å². The highest BCUT2D eigenvalue weighted by atomic mass is 32.1. The van der Waals surface area contributed by atoms with Crippen LogP contribution in [0.25, 0.3) is 0 Å². The molecule has 0 aliphatic carbocycles. The van der Waals surface area contributed by atoms with Crippen LogP contribution in [-0.2, 0) is 0 Å². The van der Waals surface area contributed by atoms with Gasteiger partial charge in [-0.2, -0.15) is 0 Å². The summed E-state index contributed by atoms with van der Waals surface area (Å²) in [6, 6.07) is 0. The lowest BCUT2D eigenvalue weighted by Gasteiger charge is -2.04. The summed E-state index contributed by atoms with van der Waals surface area (Å²) in [5, 5.41) is 0. The average molecular weight is 147 g/mol. The Labute approximate surface area is 62.1 Å². The van der Waals surface area contributed by atoms with Crippen LogP contribution in [0, 0.1) is 12.8 Å². The maximum atomic E-state index is 4.82. The van der Waals surface area contributed by atoms with E-state index in [2.05, 4.69) is 26.5 Å². The minimum atomic E-state index is 0.450. The summed E-state index contributed by atoms with van der Waals surface area (Å²) >= 11 is 8.85. The molecule has 0 aromatic carbocycles. The molecule has 0 heterocycles. The lowest BCUT2D eigenvalue weighted by molar-refractivity contribution is 0.708. The summed E-state index contributed by atoms with van der Waals surface area (Å²) in [4.78, 5) is 0. The zero-order chi connectivity index (χ0) is 6.57. The number of rotatable bonds is 3. The van der Waals surface area contributed by atoms with Gasteiger partial charge in [-0.25, -0.2) is 0 Å². The SMILES string of the molecule is [CH2]CC[C@H](C)C(=S)S. The highest BCUT2D eigenvalue weighted by molar-refractivity contribution is 8.11. The second kappa shape index (κ2) is 4.33. The number of thiol groups is 1. The van der Waals surface area contributed by atoms with Crippen molar-refractivity contribution in [2.75, 3.05) is 0 Å². The van der Waals surface area contributed by atoms with E-state index in [1.54, 1.807) is 0 Å². The van der Waals surface area contributed by atoms with Crippen LogP contribution in [0.4, 0.5) is 0 Å². The Kier molecular flexibility index (Phi) is 4.57. The first-order valence-corrected chi connectivity index (χ1v) is 3.56. The van der Waals surface area contributed by atoms with Gasteiger partial charge in [0.2, 0.25) is 0 Å². The predicted octanol–water partition coefficient (Wildman–Crippen LogP) is 2.49. The van der Waals surface area contributed by atoms with Crippen LogP contribution >= 0.6 is 24.8 Å². The molecule has 1 atom stereocenters. The quantitative estimate of drug-likeness (QED) is 0.473. The molecule has 0 spiro atoms. The normalized spacial score (nSPS) is 13.4. The second-order valence-electron chi connectivity index (χ2n) is 1.88. The summed E-state index contributed by atoms with van der Waals surface area (Å²) in [7, 11) is 0. The van der Waals surface area contributed by atoms with E-state index in [0.717, 1.165) is 17.0 Å². The monoisotopic (exact) mass is 147 g/mol. The lowest BCUT2D eigenvalue weighted by atomic mass is 10.1. The molecule has 0 aromatic heterocycles. The third kappa shape index (κ3) is 3.44. The molecular weight excluding hydrogens is 136 g/mol. The van der Waals surface area contributed by atoms with E-state index in [1.807, 2.05) is 0 Å². The molecule has 0 aliphatic heterocycles. The van der Waals surface area contributed by atoms with E-state index >= 15 is 0 Å². The van der Waals surface area contributed by atoms with Gasteiger partial charge in [0.25, 0.3) is 0 Å². The van der Waals surface area contributed by atoms with E-state index < -0.39 is 0 Å². The van der Waals surface area contributed by atoms with Crippen LogP contribution < -0.4 is 0 Å². The third-order valence-corrected chi connectivity index (χ3v) is 1.90. The third-order valence-electron chi connectivity index (χ3n) is 1.06. The minimum absolute atomic E-state index is 0.450. The highest BCUT2D eigenvalue weighted by Gasteiger charge is 2.00. The molecule has 0 rings (SSSR count). The standard InChI is InChI=1S/C6H11S2/c1-3-4-5(2)6(7)8/h5H,1,3-4H2,2H3,(H,7,8)/t5-/m0/s1. The zero-order valence-corrected chi connectivity index (χ0v) is 6.77. The van der Waals surface area contributed by atoms with Crippen molar-refractivity contribution in [3.05, 3.63) is 6.92 Å². The number of hydrogen-bond acceptors (Lipinski definition) is 1. The summed E-state index contributed by atoms with van der Waals surface area (Å²) in [6.45, 7) is 5.78. The fourth-order valence-electron chi connectivity index (χ4n) is 0.430. The predicted molar refractivity (Wildman–Crippen MR) is 45.3 cm³/mol. The maximum Gasteiger partial charge on any atom is 0.0476 e. The van der Waals surface area contributed by atoms with Crippen molar-refractivity contribution >= 4 is 29.0 Å². The molecule has 0 aliphatic rings. The molecule has 0 amide bonds. The zero-order valence-electron chi connectivity index (χ0n) is 5.05. The van der Waals surface area contributed by atoms with Crippen molar-refractivity contribution in [2.24, 2.45) is 5.92 Å². The Morgan fingerprint density at radius 1 is 1.88 bits per heavy atom. The fraction of sp³-hybridized carbons (Fsp3) is 0.667. The van der Waals surface area contributed by atoms with E-state index in [4.69, 9.17) is 12.2 Å². The smallest absolute Gasteiger partial charge is 0.0476 e. The molecule has 8 heavy (non-hydrogen) atoms.